The van der Waals surface area contributed by atoms with Crippen molar-refractivity contribution >= 4 is 23.2 Å². The molecule has 0 unspecified atom stereocenters. The number of para-hydroxylation sites is 2. The van der Waals surface area contributed by atoms with Crippen molar-refractivity contribution in [2.24, 2.45) is 0 Å². The average molecular weight is 412 g/mol. The van der Waals surface area contributed by atoms with Gasteiger partial charge in [-0.05, 0) is 30.3 Å². The number of halogens is 1. The van der Waals surface area contributed by atoms with E-state index in [1.807, 2.05) is 18.2 Å². The van der Waals surface area contributed by atoms with Gasteiger partial charge in [-0.1, -0.05) is 12.1 Å². The lowest BCUT2D eigenvalue weighted by atomic mass is 10.1. The molecule has 0 radical (unpaired) electrons. The second kappa shape index (κ2) is 8.81. The standard InChI is InChI=1S/C22H25FN4O3/c1-30-20-7-6-17(23)12-16(20)13-25-8-10-26(11-9-25)15-22(29)27-14-21(28)24-18-4-2-3-5-19(18)27/h2-7,12H,8-11,13-15H2,1H3,(H,24,28). The lowest BCUT2D eigenvalue weighted by molar-refractivity contribution is -0.123. The summed E-state index contributed by atoms with van der Waals surface area (Å²) < 4.78 is 18.9. The van der Waals surface area contributed by atoms with E-state index in [0.717, 1.165) is 37.4 Å². The molecule has 8 heteroatoms. The maximum absolute atomic E-state index is 13.6. The summed E-state index contributed by atoms with van der Waals surface area (Å²) >= 11 is 0. The molecule has 2 aromatic rings. The Kier molecular flexibility index (Phi) is 5.96. The molecule has 7 nitrogen and oxygen atoms in total. The van der Waals surface area contributed by atoms with Crippen molar-refractivity contribution in [3.63, 3.8) is 0 Å². The van der Waals surface area contributed by atoms with Crippen molar-refractivity contribution in [3.8, 4) is 5.75 Å². The quantitative estimate of drug-likeness (QED) is 0.813. The molecule has 2 amide bonds. The second-order valence-electron chi connectivity index (χ2n) is 7.55. The van der Waals surface area contributed by atoms with Crippen LogP contribution in [-0.4, -0.2) is 68.0 Å². The van der Waals surface area contributed by atoms with Gasteiger partial charge in [0.15, 0.2) is 0 Å². The third kappa shape index (κ3) is 4.44. The number of nitrogens with one attached hydrogen (secondary N) is 1. The molecule has 0 aromatic heterocycles. The minimum absolute atomic E-state index is 0.0369. The van der Waals surface area contributed by atoms with E-state index in [9.17, 15) is 14.0 Å². The Hall–Kier alpha value is -2.97. The average Bonchev–Trinajstić information content (AvgIpc) is 2.74. The molecule has 0 bridgehead atoms. The SMILES string of the molecule is COc1ccc(F)cc1CN1CCN(CC(=O)N2CC(=O)Nc3ccccc32)CC1. The van der Waals surface area contributed by atoms with Gasteiger partial charge in [-0.15, -0.1) is 0 Å². The number of nitrogens with zero attached hydrogens (tertiary/aromatic N) is 3. The third-order valence-corrected chi connectivity index (χ3v) is 5.53. The van der Waals surface area contributed by atoms with E-state index in [2.05, 4.69) is 15.1 Å². The number of rotatable bonds is 5. The zero-order chi connectivity index (χ0) is 21.1. The highest BCUT2D eigenvalue weighted by molar-refractivity contribution is 6.10. The Morgan fingerprint density at radius 3 is 2.60 bits per heavy atom. The van der Waals surface area contributed by atoms with E-state index in [-0.39, 0.29) is 30.7 Å². The molecule has 0 atom stereocenters. The highest BCUT2D eigenvalue weighted by Crippen LogP contribution is 2.29. The lowest BCUT2D eigenvalue weighted by Crippen LogP contribution is -2.51. The van der Waals surface area contributed by atoms with Crippen molar-refractivity contribution in [1.29, 1.82) is 0 Å². The van der Waals surface area contributed by atoms with Crippen LogP contribution in [0.4, 0.5) is 15.8 Å². The number of amides is 2. The molecule has 2 aliphatic heterocycles. The monoisotopic (exact) mass is 412 g/mol. The molecule has 1 fully saturated rings. The fourth-order valence-electron chi connectivity index (χ4n) is 3.95. The largest absolute Gasteiger partial charge is 0.496 e. The number of anilines is 2. The minimum Gasteiger partial charge on any atom is -0.496 e. The summed E-state index contributed by atoms with van der Waals surface area (Å²) in [6.45, 7) is 3.89. The van der Waals surface area contributed by atoms with Crippen LogP contribution in [0.15, 0.2) is 42.5 Å². The van der Waals surface area contributed by atoms with Crippen LogP contribution in [0.3, 0.4) is 0 Å². The maximum Gasteiger partial charge on any atom is 0.244 e. The van der Waals surface area contributed by atoms with Gasteiger partial charge in [0.1, 0.15) is 18.1 Å². The predicted molar refractivity (Wildman–Crippen MR) is 112 cm³/mol. The van der Waals surface area contributed by atoms with Gasteiger partial charge < -0.3 is 10.1 Å². The number of benzene rings is 2. The summed E-state index contributed by atoms with van der Waals surface area (Å²) in [6.07, 6.45) is 0. The van der Waals surface area contributed by atoms with Crippen molar-refractivity contribution in [3.05, 3.63) is 53.8 Å². The molecular formula is C22H25FN4O3. The fourth-order valence-corrected chi connectivity index (χ4v) is 3.95. The first-order valence-corrected chi connectivity index (χ1v) is 10.00. The van der Waals surface area contributed by atoms with Crippen molar-refractivity contribution in [2.45, 2.75) is 6.54 Å². The molecule has 2 aliphatic rings. The number of methoxy groups -OCH3 is 1. The molecule has 30 heavy (non-hydrogen) atoms. The molecular weight excluding hydrogens is 387 g/mol. The first-order chi connectivity index (χ1) is 14.5. The number of carbonyl (C=O) groups is 2. The maximum atomic E-state index is 13.6. The highest BCUT2D eigenvalue weighted by Gasteiger charge is 2.28. The van der Waals surface area contributed by atoms with Crippen LogP contribution in [0.5, 0.6) is 5.75 Å². The molecule has 2 aromatic carbocycles. The molecule has 2 heterocycles. The number of hydrogen-bond donors (Lipinski definition) is 1. The first-order valence-electron chi connectivity index (χ1n) is 10.00. The molecule has 1 N–H and O–H groups in total. The summed E-state index contributed by atoms with van der Waals surface area (Å²) in [4.78, 5) is 30.7. The summed E-state index contributed by atoms with van der Waals surface area (Å²) in [6, 6.07) is 11.9. The van der Waals surface area contributed by atoms with Gasteiger partial charge in [-0.3, -0.25) is 24.3 Å². The number of ether oxygens (including phenoxy) is 1. The van der Waals surface area contributed by atoms with Gasteiger partial charge >= 0.3 is 0 Å². The van der Waals surface area contributed by atoms with Crippen LogP contribution >= 0.6 is 0 Å². The van der Waals surface area contributed by atoms with Gasteiger partial charge in [0.25, 0.3) is 0 Å². The van der Waals surface area contributed by atoms with Crippen LogP contribution < -0.4 is 15.0 Å². The molecule has 0 aliphatic carbocycles. The summed E-state index contributed by atoms with van der Waals surface area (Å²) in [5, 5.41) is 2.80. The van der Waals surface area contributed by atoms with E-state index < -0.39 is 0 Å². The van der Waals surface area contributed by atoms with Crippen LogP contribution in [0.1, 0.15) is 5.56 Å². The van der Waals surface area contributed by atoms with Crippen LogP contribution in [0, 0.1) is 5.82 Å². The van der Waals surface area contributed by atoms with Crippen LogP contribution in [-0.2, 0) is 16.1 Å². The molecule has 1 saturated heterocycles. The smallest absolute Gasteiger partial charge is 0.244 e. The molecule has 4 rings (SSSR count). The summed E-state index contributed by atoms with van der Waals surface area (Å²) in [5.74, 6) is 0.130. The van der Waals surface area contributed by atoms with E-state index >= 15 is 0 Å². The normalized spacial score (nSPS) is 17.4. The number of piperazine rings is 1. The third-order valence-electron chi connectivity index (χ3n) is 5.53. The molecule has 158 valence electrons. The summed E-state index contributed by atoms with van der Waals surface area (Å²) in [5.41, 5.74) is 2.22. The van der Waals surface area contributed by atoms with E-state index in [0.29, 0.717) is 18.0 Å². The van der Waals surface area contributed by atoms with Gasteiger partial charge in [0.2, 0.25) is 11.8 Å². The van der Waals surface area contributed by atoms with E-state index in [1.165, 1.54) is 12.1 Å². The Bertz CT molecular complexity index is 944. The number of hydrogen-bond acceptors (Lipinski definition) is 5. The van der Waals surface area contributed by atoms with Gasteiger partial charge in [0.05, 0.1) is 25.0 Å². The Morgan fingerprint density at radius 2 is 1.83 bits per heavy atom. The zero-order valence-electron chi connectivity index (χ0n) is 16.9. The summed E-state index contributed by atoms with van der Waals surface area (Å²) in [7, 11) is 1.58. The molecule has 0 spiro atoms. The second-order valence-corrected chi connectivity index (χ2v) is 7.55. The predicted octanol–water partition coefficient (Wildman–Crippen LogP) is 1.94. The van der Waals surface area contributed by atoms with Gasteiger partial charge in [0, 0.05) is 38.3 Å². The number of fused-ring (bicyclic) bond motifs is 1. The van der Waals surface area contributed by atoms with Crippen molar-refractivity contribution in [2.75, 3.05) is 56.6 Å². The fraction of sp³-hybridized carbons (Fsp3) is 0.364. The van der Waals surface area contributed by atoms with Gasteiger partial charge in [-0.2, -0.15) is 0 Å². The Balaban J connectivity index is 1.34. The van der Waals surface area contributed by atoms with E-state index in [1.54, 1.807) is 24.1 Å². The highest BCUT2D eigenvalue weighted by atomic mass is 19.1. The molecule has 0 saturated carbocycles. The van der Waals surface area contributed by atoms with Gasteiger partial charge in [-0.25, -0.2) is 4.39 Å². The van der Waals surface area contributed by atoms with Crippen molar-refractivity contribution in [1.82, 2.24) is 9.80 Å². The van der Waals surface area contributed by atoms with Crippen molar-refractivity contribution < 1.29 is 18.7 Å². The Labute approximate surface area is 175 Å². The Morgan fingerprint density at radius 1 is 1.10 bits per heavy atom. The minimum atomic E-state index is -0.277. The first kappa shape index (κ1) is 20.3. The van der Waals surface area contributed by atoms with E-state index in [4.69, 9.17) is 4.74 Å². The number of carbonyl (C=O) groups excluding carboxylic acids is 2. The zero-order valence-corrected chi connectivity index (χ0v) is 16.9. The van der Waals surface area contributed by atoms with Crippen LogP contribution in [0.2, 0.25) is 0 Å². The lowest BCUT2D eigenvalue weighted by Gasteiger charge is -2.36. The topological polar surface area (TPSA) is 65.1 Å². The van der Waals surface area contributed by atoms with Crippen LogP contribution in [0.25, 0.3) is 0 Å².